The lowest BCUT2D eigenvalue weighted by molar-refractivity contribution is 0.00911. The summed E-state index contributed by atoms with van der Waals surface area (Å²) in [6.45, 7) is 4.70. The minimum Gasteiger partial charge on any atom is -0.383 e. The van der Waals surface area contributed by atoms with Gasteiger partial charge in [-0.2, -0.15) is 9.65 Å². The fraction of sp³-hybridized carbons (Fsp3) is 0.393. The van der Waals surface area contributed by atoms with Crippen molar-refractivity contribution >= 4 is 33.9 Å². The number of anilines is 2. The Balaban J connectivity index is 1.65. The smallest absolute Gasteiger partial charge is 0.262 e. The van der Waals surface area contributed by atoms with Crippen LogP contribution in [0.25, 0.3) is 10.9 Å². The molecule has 0 bridgehead atoms. The molecule has 5 rings (SSSR count). The van der Waals surface area contributed by atoms with Crippen molar-refractivity contribution in [1.29, 1.82) is 5.26 Å². The molecule has 1 atom stereocenters. The van der Waals surface area contributed by atoms with Crippen molar-refractivity contribution in [2.75, 3.05) is 17.1 Å². The molecule has 210 valence electrons. The fourth-order valence-electron chi connectivity index (χ4n) is 4.39. The van der Waals surface area contributed by atoms with Crippen LogP contribution in [0.4, 0.5) is 24.5 Å². The second kappa shape index (κ2) is 10.3. The summed E-state index contributed by atoms with van der Waals surface area (Å²) >= 11 is 6.64. The molecular formula is C28H30ClF3N8. The first kappa shape index (κ1) is 24.1. The average molecular weight is 574 g/mol. The van der Waals surface area contributed by atoms with E-state index in [4.69, 9.17) is 14.3 Å². The Bertz CT molecular complexity index is 1670. The number of pyridine rings is 2. The monoisotopic (exact) mass is 573 g/mol. The lowest BCUT2D eigenvalue weighted by Gasteiger charge is -2.25. The Morgan fingerprint density at radius 3 is 2.70 bits per heavy atom. The third kappa shape index (κ3) is 5.33. The van der Waals surface area contributed by atoms with Crippen molar-refractivity contribution in [1.82, 2.24) is 25.9 Å². The van der Waals surface area contributed by atoms with E-state index in [1.807, 2.05) is 6.07 Å². The molecule has 0 unspecified atom stereocenters. The number of fused-ring (bicyclic) bond motifs is 1. The van der Waals surface area contributed by atoms with Gasteiger partial charge < -0.3 is 16.1 Å². The van der Waals surface area contributed by atoms with E-state index < -0.39 is 35.8 Å². The van der Waals surface area contributed by atoms with Crippen LogP contribution in [-0.4, -0.2) is 33.4 Å². The number of alkyl halides is 2. The normalized spacial score (nSPS) is 19.1. The van der Waals surface area contributed by atoms with Gasteiger partial charge in [0, 0.05) is 44.0 Å². The number of hydrazine groups is 2. The Hall–Kier alpha value is -3.75. The zero-order chi connectivity index (χ0) is 31.5. The highest BCUT2D eigenvalue weighted by Crippen LogP contribution is 2.47. The molecule has 1 aliphatic heterocycles. The molecule has 2 aromatic heterocycles. The predicted octanol–water partition coefficient (Wildman–Crippen LogP) is 6.18. The second-order valence-corrected chi connectivity index (χ2v) is 11.2. The molecule has 0 spiro atoms. The first-order chi connectivity index (χ1) is 20.0. The van der Waals surface area contributed by atoms with E-state index in [0.29, 0.717) is 5.39 Å². The van der Waals surface area contributed by atoms with Crippen molar-refractivity contribution in [3.63, 3.8) is 0 Å². The third-order valence-corrected chi connectivity index (χ3v) is 6.97. The topological polar surface area (TPSA) is 101 Å². The number of halogens is 4. The molecule has 1 saturated carbocycles. The molecule has 0 amide bonds. The number of nitrogens with zero attached hydrogens (tertiary/aromatic N) is 4. The van der Waals surface area contributed by atoms with Gasteiger partial charge >= 0.3 is 0 Å². The molecule has 2 aliphatic rings. The van der Waals surface area contributed by atoms with Crippen LogP contribution in [0, 0.1) is 29.6 Å². The van der Waals surface area contributed by atoms with Gasteiger partial charge in [-0.3, -0.25) is 9.99 Å². The molecule has 0 saturated heterocycles. The summed E-state index contributed by atoms with van der Waals surface area (Å²) in [4.78, 5) is 8.18. The highest BCUT2D eigenvalue weighted by atomic mass is 35.5. The Morgan fingerprint density at radius 1 is 1.32 bits per heavy atom. The van der Waals surface area contributed by atoms with Gasteiger partial charge in [0.25, 0.3) is 6.43 Å². The molecule has 12 heteroatoms. The predicted molar refractivity (Wildman–Crippen MR) is 149 cm³/mol. The molecule has 8 nitrogen and oxygen atoms in total. The van der Waals surface area contributed by atoms with E-state index in [2.05, 4.69) is 31.6 Å². The molecule has 3 aromatic rings. The van der Waals surface area contributed by atoms with E-state index in [9.17, 15) is 19.8 Å². The number of nitrogens with one attached hydrogen (secondary N) is 4. The van der Waals surface area contributed by atoms with Crippen LogP contribution in [0.3, 0.4) is 0 Å². The minimum atomic E-state index is -2.64. The van der Waals surface area contributed by atoms with Crippen LogP contribution in [0.1, 0.15) is 60.6 Å². The van der Waals surface area contributed by atoms with Gasteiger partial charge in [-0.05, 0) is 43.4 Å². The average Bonchev–Trinajstić information content (AvgIpc) is 3.57. The van der Waals surface area contributed by atoms with Gasteiger partial charge in [0.1, 0.15) is 11.6 Å². The standard InChI is InChI=1S/C28H30ClF3N8/c1-15-18(5-6-22(30)36-15)25(21-13-40(39-38-21)28(7-8-28)26(31)32)37-17-9-19-23(35-14-27(2,3)4)16(11-33)12-34-24(19)20(29)10-17/h5-6,9-10,12-13,25-26,37-39H,7-8,14H2,1-4H3,(H,34,35)/t25-/m1/s1/i14D2,25D. The van der Waals surface area contributed by atoms with Gasteiger partial charge in [0.05, 0.1) is 34.9 Å². The number of hydrogen-bond donors (Lipinski definition) is 4. The van der Waals surface area contributed by atoms with Crippen molar-refractivity contribution in [2.24, 2.45) is 5.41 Å². The molecule has 40 heavy (non-hydrogen) atoms. The van der Waals surface area contributed by atoms with E-state index in [-0.39, 0.29) is 57.3 Å². The summed E-state index contributed by atoms with van der Waals surface area (Å²) in [6.07, 6.45) is 0.552. The van der Waals surface area contributed by atoms with Crippen LogP contribution in [-0.2, 0) is 0 Å². The zero-order valence-electron chi connectivity index (χ0n) is 25.3. The SMILES string of the molecule is [2H]C([2H])(Nc1c(C#N)cnc2c(Cl)cc(N[C@@]([2H])(C3=CN(C4(C(F)F)CC4)NN3)c3ccc(F)nc3C)cc12)C(C)(C)C. The summed E-state index contributed by atoms with van der Waals surface area (Å²) in [6, 6.07) is 5.65. The zero-order valence-corrected chi connectivity index (χ0v) is 23.0. The molecule has 1 fully saturated rings. The molecule has 0 radical (unpaired) electrons. The first-order valence-corrected chi connectivity index (χ1v) is 12.9. The fourth-order valence-corrected chi connectivity index (χ4v) is 4.66. The van der Waals surface area contributed by atoms with Gasteiger partial charge in [-0.1, -0.05) is 38.4 Å². The summed E-state index contributed by atoms with van der Waals surface area (Å²) in [7, 11) is 0. The highest BCUT2D eigenvalue weighted by Gasteiger charge is 2.56. The number of benzene rings is 1. The van der Waals surface area contributed by atoms with Crippen LogP contribution >= 0.6 is 11.6 Å². The molecular weight excluding hydrogens is 541 g/mol. The van der Waals surface area contributed by atoms with Crippen molar-refractivity contribution in [3.8, 4) is 6.07 Å². The Kier molecular flexibility index (Phi) is 6.22. The summed E-state index contributed by atoms with van der Waals surface area (Å²) in [5, 5.41) is 17.5. The Morgan fingerprint density at radius 2 is 2.08 bits per heavy atom. The number of aromatic nitrogens is 2. The van der Waals surface area contributed by atoms with Crippen molar-refractivity contribution in [2.45, 2.75) is 58.5 Å². The Labute approximate surface area is 239 Å². The van der Waals surface area contributed by atoms with Crippen LogP contribution in [0.2, 0.25) is 5.02 Å². The largest absolute Gasteiger partial charge is 0.383 e. The van der Waals surface area contributed by atoms with Crippen LogP contribution in [0.15, 0.2) is 42.4 Å². The maximum atomic E-state index is 14.0. The molecule has 1 aliphatic carbocycles. The number of hydrogen-bond acceptors (Lipinski definition) is 8. The van der Waals surface area contributed by atoms with Crippen LogP contribution < -0.4 is 21.6 Å². The quantitative estimate of drug-likeness (QED) is 0.237. The summed E-state index contributed by atoms with van der Waals surface area (Å²) in [5.41, 5.74) is 4.56. The maximum Gasteiger partial charge on any atom is 0.262 e. The number of nitriles is 1. The molecule has 3 heterocycles. The van der Waals surface area contributed by atoms with Crippen molar-refractivity contribution < 1.29 is 17.3 Å². The molecule has 4 N–H and O–H groups in total. The van der Waals surface area contributed by atoms with E-state index in [1.54, 1.807) is 26.8 Å². The second-order valence-electron chi connectivity index (χ2n) is 10.8. The van der Waals surface area contributed by atoms with Crippen LogP contribution in [0.5, 0.6) is 0 Å². The number of aryl methyl sites for hydroxylation is 1. The lowest BCUT2D eigenvalue weighted by atomic mass is 9.96. The number of rotatable bonds is 8. The maximum absolute atomic E-state index is 14.0. The van der Waals surface area contributed by atoms with E-state index in [0.717, 1.165) is 6.07 Å². The highest BCUT2D eigenvalue weighted by molar-refractivity contribution is 6.35. The van der Waals surface area contributed by atoms with Gasteiger partial charge in [-0.25, -0.2) is 13.8 Å². The van der Waals surface area contributed by atoms with E-state index >= 15 is 0 Å². The minimum absolute atomic E-state index is 0.0753. The summed E-state index contributed by atoms with van der Waals surface area (Å²) in [5.74, 6) is -0.751. The van der Waals surface area contributed by atoms with Gasteiger partial charge in [0.15, 0.2) is 0 Å². The van der Waals surface area contributed by atoms with Gasteiger partial charge in [-0.15, -0.1) is 5.53 Å². The third-order valence-electron chi connectivity index (χ3n) is 6.69. The summed E-state index contributed by atoms with van der Waals surface area (Å²) < 4.78 is 68.6. The van der Waals surface area contributed by atoms with Gasteiger partial charge in [0.2, 0.25) is 5.95 Å². The van der Waals surface area contributed by atoms with Crippen molar-refractivity contribution in [3.05, 3.63) is 70.2 Å². The molecule has 1 aromatic carbocycles. The first-order valence-electron chi connectivity index (χ1n) is 14.1. The lowest BCUT2D eigenvalue weighted by Crippen LogP contribution is -2.48. The van der Waals surface area contributed by atoms with E-state index in [1.165, 1.54) is 36.5 Å².